The van der Waals surface area contributed by atoms with Gasteiger partial charge < -0.3 is 4.52 Å². The highest BCUT2D eigenvalue weighted by Crippen LogP contribution is 2.46. The largest absolute Gasteiger partial charge is 0.417 e. The Morgan fingerprint density at radius 1 is 1.47 bits per heavy atom. The van der Waals surface area contributed by atoms with Gasteiger partial charge in [-0.25, -0.2) is 4.57 Å². The second kappa shape index (κ2) is 6.00. The zero-order valence-corrected chi connectivity index (χ0v) is 10.7. The molecule has 1 aromatic carbocycles. The molecule has 17 heavy (non-hydrogen) atoms. The van der Waals surface area contributed by atoms with Crippen LogP contribution in [-0.2, 0) is 9.09 Å². The number of nitrogens with zero attached hydrogens (tertiary/aromatic N) is 1. The molecule has 1 unspecified atom stereocenters. The first-order valence-electron chi connectivity index (χ1n) is 4.67. The summed E-state index contributed by atoms with van der Waals surface area (Å²) in [4.78, 5) is 10.1. The summed E-state index contributed by atoms with van der Waals surface area (Å²) in [7, 11) is -3.39. The van der Waals surface area contributed by atoms with Gasteiger partial charge >= 0.3 is 13.3 Å². The van der Waals surface area contributed by atoms with Crippen molar-refractivity contribution in [1.29, 1.82) is 0 Å². The third-order valence-electron chi connectivity index (χ3n) is 1.73. The minimum Gasteiger partial charge on any atom is -0.417 e. The molecule has 94 valence electrons. The quantitative estimate of drug-likeness (QED) is 0.346. The minimum absolute atomic E-state index is 0.0516. The van der Waals surface area contributed by atoms with Crippen molar-refractivity contribution in [1.82, 2.24) is 0 Å². The lowest BCUT2D eigenvalue weighted by molar-refractivity contribution is -0.385. The fraction of sp³-hybridized carbons (Fsp3) is 0.333. The molecular formula is C9H11ClNO5P. The van der Waals surface area contributed by atoms with Gasteiger partial charge in [0.1, 0.15) is 0 Å². The molecule has 6 nitrogen and oxygen atoms in total. The molecule has 0 N–H and O–H groups in total. The number of nitro groups is 1. The van der Waals surface area contributed by atoms with Crippen molar-refractivity contribution in [3.05, 3.63) is 34.4 Å². The highest BCUT2D eigenvalue weighted by Gasteiger charge is 2.23. The first-order chi connectivity index (χ1) is 7.96. The number of alkyl halides is 1. The number of rotatable bonds is 6. The molecule has 0 bridgehead atoms. The molecule has 1 aromatic rings. The molecule has 8 heteroatoms. The van der Waals surface area contributed by atoms with Crippen LogP contribution in [-0.4, -0.2) is 24.1 Å². The van der Waals surface area contributed by atoms with Crippen molar-refractivity contribution in [2.75, 3.05) is 19.2 Å². The summed E-state index contributed by atoms with van der Waals surface area (Å²) < 4.78 is 21.7. The van der Waals surface area contributed by atoms with Gasteiger partial charge in [0.15, 0.2) is 0 Å². The normalized spacial score (nSPS) is 14.0. The van der Waals surface area contributed by atoms with Gasteiger partial charge in [-0.2, -0.15) is 0 Å². The molecule has 0 fully saturated rings. The van der Waals surface area contributed by atoms with Crippen LogP contribution in [0.5, 0.6) is 5.75 Å². The van der Waals surface area contributed by atoms with Crippen LogP contribution in [0.25, 0.3) is 0 Å². The van der Waals surface area contributed by atoms with E-state index < -0.39 is 12.5 Å². The number of halogens is 1. The Hall–Kier alpha value is -1.10. The predicted molar refractivity (Wildman–Crippen MR) is 63.9 cm³/mol. The van der Waals surface area contributed by atoms with E-state index in [4.69, 9.17) is 20.6 Å². The second-order valence-corrected chi connectivity index (χ2v) is 5.47. The van der Waals surface area contributed by atoms with Gasteiger partial charge in [0.2, 0.25) is 5.75 Å². The summed E-state index contributed by atoms with van der Waals surface area (Å²) in [6.45, 7) is 1.28. The summed E-state index contributed by atoms with van der Waals surface area (Å²) in [5, 5.41) is 10.7. The number of nitro benzene ring substituents is 1. The predicted octanol–water partition coefficient (Wildman–Crippen LogP) is 3.05. The average Bonchev–Trinajstić information content (AvgIpc) is 2.26. The first-order valence-corrected chi connectivity index (χ1v) is 7.20. The van der Waals surface area contributed by atoms with Gasteiger partial charge in [0, 0.05) is 18.6 Å². The molecule has 0 aliphatic rings. The van der Waals surface area contributed by atoms with Crippen LogP contribution < -0.4 is 4.52 Å². The maximum atomic E-state index is 11.8. The van der Waals surface area contributed by atoms with E-state index in [1.807, 2.05) is 0 Å². The molecular weight excluding hydrogens is 269 g/mol. The van der Waals surface area contributed by atoms with E-state index in [0.717, 1.165) is 0 Å². The molecule has 1 rings (SSSR count). The van der Waals surface area contributed by atoms with Crippen molar-refractivity contribution < 1.29 is 18.5 Å². The molecule has 1 atom stereocenters. The van der Waals surface area contributed by atoms with Crippen LogP contribution in [0, 0.1) is 10.1 Å². The van der Waals surface area contributed by atoms with Crippen LogP contribution in [0.2, 0.25) is 0 Å². The minimum atomic E-state index is -3.39. The lowest BCUT2D eigenvalue weighted by atomic mass is 10.3. The molecule has 0 aliphatic heterocycles. The molecule has 0 spiro atoms. The molecule has 0 aromatic heterocycles. The van der Waals surface area contributed by atoms with Crippen molar-refractivity contribution in [2.24, 2.45) is 0 Å². The van der Waals surface area contributed by atoms with E-state index in [2.05, 4.69) is 0 Å². The van der Waals surface area contributed by atoms with Gasteiger partial charge in [-0.05, 0) is 6.07 Å². The van der Waals surface area contributed by atoms with Crippen LogP contribution in [0.15, 0.2) is 24.3 Å². The van der Waals surface area contributed by atoms with Gasteiger partial charge in [0.05, 0.1) is 11.5 Å². The Balaban J connectivity index is 2.87. The fourth-order valence-electron chi connectivity index (χ4n) is 1.09. The van der Waals surface area contributed by atoms with Gasteiger partial charge in [-0.15, -0.1) is 11.6 Å². The lowest BCUT2D eigenvalue weighted by Gasteiger charge is -2.14. The Labute approximate surface area is 103 Å². The maximum absolute atomic E-state index is 11.8. The summed E-state index contributed by atoms with van der Waals surface area (Å²) in [5.74, 6) is 0.0795. The molecule has 0 radical (unpaired) electrons. The molecule has 0 heterocycles. The Kier molecular flexibility index (Phi) is 4.93. The average molecular weight is 280 g/mol. The molecule has 0 saturated carbocycles. The van der Waals surface area contributed by atoms with Crippen molar-refractivity contribution >= 4 is 24.9 Å². The van der Waals surface area contributed by atoms with E-state index in [1.54, 1.807) is 6.07 Å². The summed E-state index contributed by atoms with van der Waals surface area (Å²) in [6.07, 6.45) is 0. The Bertz CT molecular complexity index is 453. The van der Waals surface area contributed by atoms with Crippen molar-refractivity contribution in [3.8, 4) is 5.75 Å². The van der Waals surface area contributed by atoms with Crippen LogP contribution >= 0.6 is 19.2 Å². The number of hydrogen-bond acceptors (Lipinski definition) is 5. The molecule has 0 aliphatic carbocycles. The SMILES string of the molecule is CP(=O)(OCCCl)Oc1ccccc1[N+](=O)[O-]. The second-order valence-electron chi connectivity index (χ2n) is 3.11. The zero-order valence-electron chi connectivity index (χ0n) is 9.04. The number of hydrogen-bond donors (Lipinski definition) is 0. The van der Waals surface area contributed by atoms with Gasteiger partial charge in [0.25, 0.3) is 0 Å². The molecule has 0 saturated heterocycles. The third kappa shape index (κ3) is 4.34. The first kappa shape index (κ1) is 14.0. The van der Waals surface area contributed by atoms with E-state index in [1.165, 1.54) is 24.9 Å². The highest BCUT2D eigenvalue weighted by atomic mass is 35.5. The topological polar surface area (TPSA) is 78.7 Å². The maximum Gasteiger partial charge on any atom is 0.376 e. The third-order valence-corrected chi connectivity index (χ3v) is 3.06. The molecule has 0 amide bonds. The van der Waals surface area contributed by atoms with Crippen LogP contribution in [0.4, 0.5) is 5.69 Å². The monoisotopic (exact) mass is 279 g/mol. The number of para-hydroxylation sites is 2. The van der Waals surface area contributed by atoms with Crippen LogP contribution in [0.3, 0.4) is 0 Å². The Morgan fingerprint density at radius 2 is 2.12 bits per heavy atom. The Morgan fingerprint density at radius 3 is 2.71 bits per heavy atom. The number of benzene rings is 1. The summed E-state index contributed by atoms with van der Waals surface area (Å²) >= 11 is 5.38. The van der Waals surface area contributed by atoms with E-state index in [0.29, 0.717) is 0 Å². The summed E-state index contributed by atoms with van der Waals surface area (Å²) in [6, 6.07) is 5.66. The van der Waals surface area contributed by atoms with Crippen molar-refractivity contribution in [2.45, 2.75) is 0 Å². The van der Waals surface area contributed by atoms with E-state index in [-0.39, 0.29) is 23.9 Å². The van der Waals surface area contributed by atoms with Crippen molar-refractivity contribution in [3.63, 3.8) is 0 Å². The zero-order chi connectivity index (χ0) is 12.9. The smallest absolute Gasteiger partial charge is 0.376 e. The van der Waals surface area contributed by atoms with Crippen LogP contribution in [0.1, 0.15) is 0 Å². The van der Waals surface area contributed by atoms with E-state index in [9.17, 15) is 14.7 Å². The lowest BCUT2D eigenvalue weighted by Crippen LogP contribution is -2.01. The van der Waals surface area contributed by atoms with Gasteiger partial charge in [-0.1, -0.05) is 12.1 Å². The summed E-state index contributed by atoms with van der Waals surface area (Å²) in [5.41, 5.74) is -0.260. The van der Waals surface area contributed by atoms with Gasteiger partial charge in [-0.3, -0.25) is 14.6 Å². The van der Waals surface area contributed by atoms with E-state index >= 15 is 0 Å². The highest BCUT2D eigenvalue weighted by molar-refractivity contribution is 7.53. The standard InChI is InChI=1S/C9H11ClNO5P/c1-17(14,15-7-6-10)16-9-5-3-2-4-8(9)11(12)13/h2-5H,6-7H2,1H3. The fourth-order valence-corrected chi connectivity index (χ4v) is 2.26.